The average molecular weight is 372 g/mol. The Bertz CT molecular complexity index is 811. The molecule has 1 heterocycles. The van der Waals surface area contributed by atoms with Gasteiger partial charge >= 0.3 is 0 Å². The summed E-state index contributed by atoms with van der Waals surface area (Å²) in [5.74, 6) is 1.11. The Hall–Kier alpha value is -2.14. The molecule has 0 spiro atoms. The zero-order valence-corrected chi connectivity index (χ0v) is 14.9. The fourth-order valence-electron chi connectivity index (χ4n) is 2.27. The van der Waals surface area contributed by atoms with E-state index in [2.05, 4.69) is 51.4 Å². The molecular weight excluding hydrogens is 354 g/mol. The van der Waals surface area contributed by atoms with Gasteiger partial charge < -0.3 is 9.73 Å². The first-order valence-corrected chi connectivity index (χ1v) is 8.25. The highest BCUT2D eigenvalue weighted by molar-refractivity contribution is 9.10. The highest BCUT2D eigenvalue weighted by Crippen LogP contribution is 2.25. The lowest BCUT2D eigenvalue weighted by molar-refractivity contribution is 0.485. The number of halogens is 1. The Morgan fingerprint density at radius 3 is 2.48 bits per heavy atom. The fraction of sp³-hybridized carbons (Fsp3) is 0.222. The molecule has 0 bridgehead atoms. The fourth-order valence-corrected chi connectivity index (χ4v) is 2.52. The molecule has 0 radical (unpaired) electrons. The van der Waals surface area contributed by atoms with Gasteiger partial charge in [-0.1, -0.05) is 33.6 Å². The van der Waals surface area contributed by atoms with Crippen molar-refractivity contribution in [1.82, 2.24) is 10.2 Å². The van der Waals surface area contributed by atoms with E-state index >= 15 is 0 Å². The molecule has 3 rings (SSSR count). The van der Waals surface area contributed by atoms with Crippen molar-refractivity contribution in [3.63, 3.8) is 0 Å². The number of rotatable bonds is 4. The van der Waals surface area contributed by atoms with Crippen molar-refractivity contribution in [3.05, 3.63) is 64.0 Å². The molecule has 1 aromatic heterocycles. The first-order valence-electron chi connectivity index (χ1n) is 7.46. The Labute approximate surface area is 144 Å². The Morgan fingerprint density at radius 2 is 1.78 bits per heavy atom. The second-order valence-corrected chi connectivity index (χ2v) is 6.50. The van der Waals surface area contributed by atoms with Gasteiger partial charge in [0.25, 0.3) is 0 Å². The van der Waals surface area contributed by atoms with Gasteiger partial charge in [-0.25, -0.2) is 0 Å². The summed E-state index contributed by atoms with van der Waals surface area (Å²) in [6.45, 7) is 6.11. The molecule has 1 N–H and O–H groups in total. The van der Waals surface area contributed by atoms with Crippen LogP contribution in [0.5, 0.6) is 0 Å². The standard InChI is InChI=1S/C18H18BrN3O/c1-11-4-6-14(7-5-11)18-22-21-17(23-18)13(3)20-15-8-9-16(19)12(2)10-15/h4-10,13,20H,1-3H3. The minimum absolute atomic E-state index is 0.0673. The van der Waals surface area contributed by atoms with Crippen LogP contribution in [0.25, 0.3) is 11.5 Å². The molecule has 0 saturated carbocycles. The molecule has 3 aromatic rings. The molecule has 0 aliphatic heterocycles. The van der Waals surface area contributed by atoms with Crippen molar-refractivity contribution < 1.29 is 4.42 Å². The number of aromatic nitrogens is 2. The average Bonchev–Trinajstić information content (AvgIpc) is 3.02. The van der Waals surface area contributed by atoms with Crippen molar-refractivity contribution in [2.24, 2.45) is 0 Å². The summed E-state index contributed by atoms with van der Waals surface area (Å²) in [5.41, 5.74) is 4.33. The number of benzene rings is 2. The lowest BCUT2D eigenvalue weighted by Gasteiger charge is -2.12. The molecule has 23 heavy (non-hydrogen) atoms. The minimum Gasteiger partial charge on any atom is -0.418 e. The summed E-state index contributed by atoms with van der Waals surface area (Å²) in [5, 5.41) is 11.7. The summed E-state index contributed by atoms with van der Waals surface area (Å²) in [6.07, 6.45) is 0. The van der Waals surface area contributed by atoms with Crippen LogP contribution >= 0.6 is 15.9 Å². The number of aryl methyl sites for hydroxylation is 2. The van der Waals surface area contributed by atoms with Crippen LogP contribution in [0.2, 0.25) is 0 Å². The van der Waals surface area contributed by atoms with E-state index in [1.807, 2.05) is 43.3 Å². The van der Waals surface area contributed by atoms with Crippen molar-refractivity contribution in [2.75, 3.05) is 5.32 Å². The van der Waals surface area contributed by atoms with Crippen LogP contribution in [0.1, 0.15) is 30.0 Å². The molecule has 1 atom stereocenters. The predicted molar refractivity (Wildman–Crippen MR) is 95.4 cm³/mol. The lowest BCUT2D eigenvalue weighted by Crippen LogP contribution is -2.07. The quantitative estimate of drug-likeness (QED) is 0.676. The number of anilines is 1. The van der Waals surface area contributed by atoms with E-state index in [9.17, 15) is 0 Å². The molecular formula is C18H18BrN3O. The van der Waals surface area contributed by atoms with E-state index in [-0.39, 0.29) is 6.04 Å². The summed E-state index contributed by atoms with van der Waals surface area (Å²) in [6, 6.07) is 14.1. The van der Waals surface area contributed by atoms with Gasteiger partial charge in [-0.2, -0.15) is 0 Å². The number of hydrogen-bond donors (Lipinski definition) is 1. The topological polar surface area (TPSA) is 51.0 Å². The SMILES string of the molecule is Cc1ccc(-c2nnc(C(C)Nc3ccc(Br)c(C)c3)o2)cc1. The van der Waals surface area contributed by atoms with Crippen LogP contribution in [-0.4, -0.2) is 10.2 Å². The number of nitrogens with one attached hydrogen (secondary N) is 1. The molecule has 118 valence electrons. The third-order valence-corrected chi connectivity index (χ3v) is 4.54. The van der Waals surface area contributed by atoms with Gasteiger partial charge in [0.05, 0.1) is 0 Å². The van der Waals surface area contributed by atoms with Gasteiger partial charge in [-0.15, -0.1) is 10.2 Å². The van der Waals surface area contributed by atoms with Gasteiger partial charge in [-0.3, -0.25) is 0 Å². The van der Waals surface area contributed by atoms with E-state index < -0.39 is 0 Å². The summed E-state index contributed by atoms with van der Waals surface area (Å²) >= 11 is 3.51. The maximum Gasteiger partial charge on any atom is 0.247 e. The van der Waals surface area contributed by atoms with Crippen molar-refractivity contribution in [3.8, 4) is 11.5 Å². The first kappa shape index (κ1) is 15.7. The van der Waals surface area contributed by atoms with Crippen molar-refractivity contribution >= 4 is 21.6 Å². The van der Waals surface area contributed by atoms with E-state index in [1.54, 1.807) is 0 Å². The summed E-state index contributed by atoms with van der Waals surface area (Å²) < 4.78 is 6.90. The second-order valence-electron chi connectivity index (χ2n) is 5.64. The van der Waals surface area contributed by atoms with Crippen LogP contribution < -0.4 is 5.32 Å². The monoisotopic (exact) mass is 371 g/mol. The molecule has 1 unspecified atom stereocenters. The largest absolute Gasteiger partial charge is 0.418 e. The maximum absolute atomic E-state index is 5.80. The predicted octanol–water partition coefficient (Wildman–Crippen LogP) is 5.29. The molecule has 4 nitrogen and oxygen atoms in total. The first-order chi connectivity index (χ1) is 11.0. The second kappa shape index (κ2) is 6.54. The molecule has 2 aromatic carbocycles. The van der Waals surface area contributed by atoms with E-state index in [0.29, 0.717) is 11.8 Å². The van der Waals surface area contributed by atoms with Gasteiger partial charge in [0.1, 0.15) is 6.04 Å². The van der Waals surface area contributed by atoms with Gasteiger partial charge in [-0.05, 0) is 56.7 Å². The molecule has 0 aliphatic rings. The number of nitrogens with zero attached hydrogens (tertiary/aromatic N) is 2. The maximum atomic E-state index is 5.80. The smallest absolute Gasteiger partial charge is 0.247 e. The van der Waals surface area contributed by atoms with Crippen LogP contribution in [0.3, 0.4) is 0 Å². The third kappa shape index (κ3) is 3.62. The highest BCUT2D eigenvalue weighted by Gasteiger charge is 2.15. The van der Waals surface area contributed by atoms with Crippen molar-refractivity contribution in [1.29, 1.82) is 0 Å². The van der Waals surface area contributed by atoms with Crippen molar-refractivity contribution in [2.45, 2.75) is 26.8 Å². The molecule has 5 heteroatoms. The molecule has 0 fully saturated rings. The van der Waals surface area contributed by atoms with Crippen LogP contribution in [0.4, 0.5) is 5.69 Å². The third-order valence-electron chi connectivity index (χ3n) is 3.65. The van der Waals surface area contributed by atoms with Crippen LogP contribution in [0, 0.1) is 13.8 Å². The van der Waals surface area contributed by atoms with Gasteiger partial charge in [0.15, 0.2) is 0 Å². The lowest BCUT2D eigenvalue weighted by atomic mass is 10.1. The van der Waals surface area contributed by atoms with E-state index in [0.717, 1.165) is 15.7 Å². The van der Waals surface area contributed by atoms with Gasteiger partial charge in [0.2, 0.25) is 11.8 Å². The Kier molecular flexibility index (Phi) is 4.48. The summed E-state index contributed by atoms with van der Waals surface area (Å²) in [4.78, 5) is 0. The van der Waals surface area contributed by atoms with Crippen LogP contribution in [0.15, 0.2) is 51.4 Å². The minimum atomic E-state index is -0.0673. The van der Waals surface area contributed by atoms with E-state index in [4.69, 9.17) is 4.42 Å². The van der Waals surface area contributed by atoms with Gasteiger partial charge in [0, 0.05) is 15.7 Å². The normalized spacial score (nSPS) is 12.2. The van der Waals surface area contributed by atoms with Crippen LogP contribution in [-0.2, 0) is 0 Å². The molecule has 0 saturated heterocycles. The molecule has 0 amide bonds. The zero-order chi connectivity index (χ0) is 16.4. The molecule has 0 aliphatic carbocycles. The Morgan fingerprint density at radius 1 is 1.04 bits per heavy atom. The van der Waals surface area contributed by atoms with E-state index in [1.165, 1.54) is 11.1 Å². The Balaban J connectivity index is 1.76. The summed E-state index contributed by atoms with van der Waals surface area (Å²) in [7, 11) is 0. The number of hydrogen-bond acceptors (Lipinski definition) is 4. The zero-order valence-electron chi connectivity index (χ0n) is 13.3. The highest BCUT2D eigenvalue weighted by atomic mass is 79.9.